The van der Waals surface area contributed by atoms with E-state index in [0.29, 0.717) is 47.1 Å². The Kier molecular flexibility index (Phi) is 9.00. The second kappa shape index (κ2) is 13.0. The monoisotopic (exact) mass is 564 g/mol. The number of piperidine rings is 1. The minimum absolute atomic E-state index is 0.204. The van der Waals surface area contributed by atoms with Crippen LogP contribution in [0.25, 0.3) is 0 Å². The lowest BCUT2D eigenvalue weighted by molar-refractivity contribution is 0.0115. The summed E-state index contributed by atoms with van der Waals surface area (Å²) in [5.41, 5.74) is 14.9. The molecule has 2 aromatic carbocycles. The summed E-state index contributed by atoms with van der Waals surface area (Å²) < 4.78 is 29.7. The molecule has 2 aliphatic heterocycles. The number of nitrogens with one attached hydrogen (secondary N) is 1. The summed E-state index contributed by atoms with van der Waals surface area (Å²) in [6, 6.07) is 12.1. The molecule has 0 atom stereocenters. The number of aromatic nitrogens is 2. The highest BCUT2D eigenvalue weighted by atomic mass is 19.1. The van der Waals surface area contributed by atoms with Gasteiger partial charge in [-0.2, -0.15) is 9.97 Å². The van der Waals surface area contributed by atoms with E-state index in [1.807, 2.05) is 6.07 Å². The van der Waals surface area contributed by atoms with E-state index in [-0.39, 0.29) is 17.5 Å². The maximum absolute atomic E-state index is 13.3. The van der Waals surface area contributed by atoms with Crippen LogP contribution in [0.4, 0.5) is 27.7 Å². The highest BCUT2D eigenvalue weighted by molar-refractivity contribution is 6.01. The van der Waals surface area contributed by atoms with Gasteiger partial charge in [0.05, 0.1) is 27.4 Å². The van der Waals surface area contributed by atoms with Gasteiger partial charge < -0.3 is 35.9 Å². The molecule has 0 amide bonds. The van der Waals surface area contributed by atoms with Gasteiger partial charge in [0, 0.05) is 44.3 Å². The van der Waals surface area contributed by atoms with Crippen molar-refractivity contribution in [2.75, 3.05) is 69.6 Å². The van der Waals surface area contributed by atoms with Crippen LogP contribution in [0.2, 0.25) is 0 Å². The third kappa shape index (κ3) is 6.77. The molecule has 0 bridgehead atoms. The van der Waals surface area contributed by atoms with Crippen LogP contribution >= 0.6 is 0 Å². The van der Waals surface area contributed by atoms with Crippen molar-refractivity contribution in [1.82, 2.24) is 14.9 Å². The van der Waals surface area contributed by atoms with E-state index in [9.17, 15) is 4.39 Å². The predicted molar refractivity (Wildman–Crippen MR) is 158 cm³/mol. The van der Waals surface area contributed by atoms with Gasteiger partial charge in [-0.3, -0.25) is 4.90 Å². The second-order valence-corrected chi connectivity index (χ2v) is 10.0. The van der Waals surface area contributed by atoms with Crippen molar-refractivity contribution < 1.29 is 18.6 Å². The van der Waals surface area contributed by atoms with Crippen molar-refractivity contribution in [2.24, 2.45) is 10.7 Å². The van der Waals surface area contributed by atoms with E-state index in [2.05, 4.69) is 20.1 Å². The number of ether oxygens (including phenoxy) is 3. The van der Waals surface area contributed by atoms with Crippen LogP contribution in [0.3, 0.4) is 0 Å². The number of morpholine rings is 1. The molecular formula is C29H37FN8O3. The Balaban J connectivity index is 1.43. The minimum atomic E-state index is -0.286. The fourth-order valence-electron chi connectivity index (χ4n) is 5.22. The lowest BCUT2D eigenvalue weighted by atomic mass is 10.0. The molecule has 0 spiro atoms. The Bertz CT molecular complexity index is 1360. The highest BCUT2D eigenvalue weighted by Gasteiger charge is 2.28. The molecule has 0 unspecified atom stereocenters. The number of anilines is 3. The van der Waals surface area contributed by atoms with Gasteiger partial charge in [-0.05, 0) is 48.7 Å². The van der Waals surface area contributed by atoms with Crippen LogP contribution < -0.4 is 31.2 Å². The van der Waals surface area contributed by atoms with Crippen molar-refractivity contribution in [2.45, 2.75) is 25.4 Å². The molecule has 0 aliphatic carbocycles. The molecule has 0 radical (unpaired) electrons. The minimum Gasteiger partial charge on any atom is -0.493 e. The highest BCUT2D eigenvalue weighted by Crippen LogP contribution is 2.36. The Morgan fingerprint density at radius 2 is 1.73 bits per heavy atom. The third-order valence-electron chi connectivity index (χ3n) is 7.49. The zero-order chi connectivity index (χ0) is 28.8. The number of halogens is 1. The van der Waals surface area contributed by atoms with Crippen LogP contribution in [0.15, 0.2) is 47.5 Å². The summed E-state index contributed by atoms with van der Waals surface area (Å²) in [4.78, 5) is 18.8. The number of nitrogens with two attached hydrogens (primary N) is 2. The molecule has 0 saturated carbocycles. The molecule has 2 fully saturated rings. The Labute approximate surface area is 239 Å². The summed E-state index contributed by atoms with van der Waals surface area (Å²) >= 11 is 0. The summed E-state index contributed by atoms with van der Waals surface area (Å²) in [6.07, 6.45) is 1.97. The fourth-order valence-corrected chi connectivity index (χ4v) is 5.22. The van der Waals surface area contributed by atoms with Gasteiger partial charge in [0.25, 0.3) is 0 Å². The van der Waals surface area contributed by atoms with Gasteiger partial charge in [-0.15, -0.1) is 0 Å². The van der Waals surface area contributed by atoms with Crippen molar-refractivity contribution in [3.63, 3.8) is 0 Å². The fraction of sp³-hybridized carbons (Fsp3) is 0.414. The largest absolute Gasteiger partial charge is 0.493 e. The lowest BCUT2D eigenvalue weighted by Gasteiger charge is -2.40. The van der Waals surface area contributed by atoms with E-state index in [4.69, 9.17) is 35.7 Å². The van der Waals surface area contributed by atoms with E-state index < -0.39 is 0 Å². The zero-order valence-corrected chi connectivity index (χ0v) is 23.5. The molecule has 12 heteroatoms. The number of nitrogens with zero attached hydrogens (tertiary/aromatic N) is 5. The van der Waals surface area contributed by atoms with Crippen LogP contribution in [0, 0.1) is 5.82 Å². The predicted octanol–water partition coefficient (Wildman–Crippen LogP) is 3.17. The van der Waals surface area contributed by atoms with E-state index in [0.717, 1.165) is 57.8 Å². The number of nitrogen functional groups attached to an aromatic ring is 1. The lowest BCUT2D eigenvalue weighted by Crippen LogP contribution is -2.49. The maximum Gasteiger partial charge on any atom is 0.227 e. The quantitative estimate of drug-likeness (QED) is 0.263. The number of benzene rings is 2. The Morgan fingerprint density at radius 1 is 1.02 bits per heavy atom. The normalized spacial score (nSPS) is 17.0. The summed E-state index contributed by atoms with van der Waals surface area (Å²) in [5.74, 6) is 2.27. The third-order valence-corrected chi connectivity index (χ3v) is 7.49. The van der Waals surface area contributed by atoms with E-state index in [1.165, 1.54) is 12.1 Å². The number of amidine groups is 1. The molecule has 5 N–H and O–H groups in total. The van der Waals surface area contributed by atoms with E-state index >= 15 is 0 Å². The number of methoxy groups -OCH3 is 2. The molecule has 11 nitrogen and oxygen atoms in total. The first kappa shape index (κ1) is 28.4. The van der Waals surface area contributed by atoms with E-state index in [1.54, 1.807) is 38.5 Å². The van der Waals surface area contributed by atoms with Gasteiger partial charge in [-0.25, -0.2) is 9.38 Å². The van der Waals surface area contributed by atoms with Gasteiger partial charge in [0.1, 0.15) is 11.7 Å². The number of hydrogen-bond donors (Lipinski definition) is 3. The number of rotatable bonds is 9. The van der Waals surface area contributed by atoms with Crippen molar-refractivity contribution in [3.8, 4) is 11.5 Å². The molecular weight excluding hydrogens is 527 g/mol. The van der Waals surface area contributed by atoms with Crippen molar-refractivity contribution in [3.05, 3.63) is 59.4 Å². The molecule has 5 rings (SSSR count). The first-order chi connectivity index (χ1) is 19.9. The molecule has 218 valence electrons. The summed E-state index contributed by atoms with van der Waals surface area (Å²) in [6.45, 7) is 5.46. The number of hydrogen-bond acceptors (Lipinski definition) is 10. The smallest absolute Gasteiger partial charge is 0.227 e. The first-order valence-corrected chi connectivity index (χ1v) is 13.7. The van der Waals surface area contributed by atoms with Crippen LogP contribution in [-0.2, 0) is 11.3 Å². The number of aliphatic imine (C=N–C) groups is 1. The summed E-state index contributed by atoms with van der Waals surface area (Å²) in [5, 5.41) is 3.22. The van der Waals surface area contributed by atoms with Gasteiger partial charge in [-0.1, -0.05) is 12.1 Å². The second-order valence-electron chi connectivity index (χ2n) is 10.0. The van der Waals surface area contributed by atoms with Crippen LogP contribution in [-0.4, -0.2) is 80.4 Å². The molecule has 3 heterocycles. The van der Waals surface area contributed by atoms with Crippen molar-refractivity contribution >= 4 is 29.1 Å². The molecule has 2 aliphatic rings. The molecule has 1 aromatic heterocycles. The van der Waals surface area contributed by atoms with Crippen molar-refractivity contribution in [1.29, 1.82) is 0 Å². The van der Waals surface area contributed by atoms with Gasteiger partial charge in [0.2, 0.25) is 5.95 Å². The first-order valence-electron chi connectivity index (χ1n) is 13.7. The molecule has 41 heavy (non-hydrogen) atoms. The van der Waals surface area contributed by atoms with Crippen LogP contribution in [0.5, 0.6) is 11.5 Å². The Morgan fingerprint density at radius 3 is 2.41 bits per heavy atom. The average Bonchev–Trinajstić information content (AvgIpc) is 3.02. The average molecular weight is 565 g/mol. The van der Waals surface area contributed by atoms with Crippen LogP contribution in [0.1, 0.15) is 24.0 Å². The zero-order valence-electron chi connectivity index (χ0n) is 23.5. The SMILES string of the molecule is COc1ccc(C(N)=Nc2c(N)nc(NCc3ccc(F)cc3)nc2N2CCC(N3CCOCC3)CC2)cc1OC. The molecule has 3 aromatic rings. The Hall–Kier alpha value is -4.16. The maximum atomic E-state index is 13.3. The molecule has 2 saturated heterocycles. The van der Waals surface area contributed by atoms with Gasteiger partial charge >= 0.3 is 0 Å². The van der Waals surface area contributed by atoms with Gasteiger partial charge in [0.15, 0.2) is 28.8 Å². The topological polar surface area (TPSA) is 136 Å². The summed E-state index contributed by atoms with van der Waals surface area (Å²) in [7, 11) is 3.14. The standard InChI is InChI=1S/C29H37FN8O3/c1-39-23-8-5-20(17-24(23)40-2)26(31)34-25-27(32)35-29(33-18-19-3-6-21(30)7-4-19)36-28(25)38-11-9-22(10-12-38)37-13-15-41-16-14-37/h3-8,17,22H,9-16,18H2,1-2H3,(H2,31,34)(H3,32,33,35,36).